The monoisotopic (exact) mass is 229 g/mol. The summed E-state index contributed by atoms with van der Waals surface area (Å²) in [4.78, 5) is 0. The van der Waals surface area contributed by atoms with Crippen LogP contribution in [0.2, 0.25) is 5.02 Å². The average Bonchev–Trinajstić information content (AvgIpc) is 2.63. The summed E-state index contributed by atoms with van der Waals surface area (Å²) in [7, 11) is 0. The van der Waals surface area contributed by atoms with Crippen molar-refractivity contribution in [2.24, 2.45) is 0 Å². The van der Waals surface area contributed by atoms with Crippen molar-refractivity contribution in [1.29, 1.82) is 0 Å². The molecule has 2 unspecified atom stereocenters. The molecule has 2 rings (SSSR count). The summed E-state index contributed by atoms with van der Waals surface area (Å²) in [6.07, 6.45) is -1.21. The molecule has 0 aromatic heterocycles. The van der Waals surface area contributed by atoms with E-state index < -0.39 is 6.17 Å². The molecular weight excluding hydrogens is 217 g/mol. The molecule has 0 bridgehead atoms. The van der Waals surface area contributed by atoms with E-state index in [-0.39, 0.29) is 6.10 Å². The largest absolute Gasteiger partial charge is 0.369 e. The quantitative estimate of drug-likeness (QED) is 0.858. The Morgan fingerprint density at radius 1 is 1.33 bits per heavy atom. The Kier molecular flexibility index (Phi) is 3.57. The molecule has 1 saturated heterocycles. The second-order valence-corrected chi connectivity index (χ2v) is 4.09. The third-order valence-electron chi connectivity index (χ3n) is 2.47. The van der Waals surface area contributed by atoms with E-state index in [4.69, 9.17) is 16.3 Å². The molecule has 0 radical (unpaired) electrons. The number of rotatable bonds is 3. The minimum atomic E-state index is -0.891. The third kappa shape index (κ3) is 2.91. The highest BCUT2D eigenvalue weighted by atomic mass is 35.5. The maximum atomic E-state index is 13.1. The van der Waals surface area contributed by atoms with Crippen LogP contribution < -0.4 is 5.32 Å². The first-order valence-corrected chi connectivity index (χ1v) is 5.34. The van der Waals surface area contributed by atoms with Crippen LogP contribution in [0.15, 0.2) is 24.3 Å². The maximum absolute atomic E-state index is 13.1. The van der Waals surface area contributed by atoms with Crippen LogP contribution in [-0.2, 0) is 11.3 Å². The molecule has 0 amide bonds. The molecule has 1 aliphatic heterocycles. The van der Waals surface area contributed by atoms with Crippen molar-refractivity contribution in [2.45, 2.75) is 18.9 Å². The van der Waals surface area contributed by atoms with Gasteiger partial charge in [0.25, 0.3) is 0 Å². The molecule has 2 atom stereocenters. The molecule has 1 aromatic rings. The highest BCUT2D eigenvalue weighted by Crippen LogP contribution is 2.14. The zero-order valence-corrected chi connectivity index (χ0v) is 9.01. The smallest absolute Gasteiger partial charge is 0.140 e. The molecule has 0 spiro atoms. The highest BCUT2D eigenvalue weighted by molar-refractivity contribution is 6.30. The Labute approximate surface area is 93.4 Å². The van der Waals surface area contributed by atoms with E-state index in [0.717, 1.165) is 5.56 Å². The molecule has 2 nitrogen and oxygen atoms in total. The van der Waals surface area contributed by atoms with Gasteiger partial charge in [-0.1, -0.05) is 23.7 Å². The predicted octanol–water partition coefficient (Wildman–Crippen LogP) is 2.17. The summed E-state index contributed by atoms with van der Waals surface area (Å²) in [6, 6.07) is 7.38. The minimum Gasteiger partial charge on any atom is -0.369 e. The summed E-state index contributed by atoms with van der Waals surface area (Å²) in [5.74, 6) is 0. The van der Waals surface area contributed by atoms with E-state index in [9.17, 15) is 4.39 Å². The van der Waals surface area contributed by atoms with Crippen molar-refractivity contribution < 1.29 is 9.13 Å². The van der Waals surface area contributed by atoms with Crippen LogP contribution in [0.1, 0.15) is 5.56 Å². The van der Waals surface area contributed by atoms with Gasteiger partial charge in [0.05, 0.1) is 6.61 Å². The summed E-state index contributed by atoms with van der Waals surface area (Å²) in [6.45, 7) is 1.42. The van der Waals surface area contributed by atoms with Gasteiger partial charge in [0, 0.05) is 18.1 Å². The van der Waals surface area contributed by atoms with Crippen LogP contribution in [-0.4, -0.2) is 25.4 Å². The zero-order valence-electron chi connectivity index (χ0n) is 8.25. The van der Waals surface area contributed by atoms with Gasteiger partial charge in [-0.2, -0.15) is 0 Å². The first-order chi connectivity index (χ1) is 7.25. The molecule has 0 aliphatic carbocycles. The van der Waals surface area contributed by atoms with Gasteiger partial charge in [0.2, 0.25) is 0 Å². The Balaban J connectivity index is 1.85. The molecule has 0 saturated carbocycles. The fraction of sp³-hybridized carbons (Fsp3) is 0.455. The van der Waals surface area contributed by atoms with Crippen LogP contribution in [0.3, 0.4) is 0 Å². The van der Waals surface area contributed by atoms with E-state index in [2.05, 4.69) is 5.32 Å². The van der Waals surface area contributed by atoms with Gasteiger partial charge in [0.15, 0.2) is 0 Å². The van der Waals surface area contributed by atoms with E-state index in [1.165, 1.54) is 0 Å². The molecule has 1 heterocycles. The number of halogens is 2. The van der Waals surface area contributed by atoms with Gasteiger partial charge in [-0.25, -0.2) is 4.39 Å². The van der Waals surface area contributed by atoms with E-state index >= 15 is 0 Å². The first kappa shape index (κ1) is 10.9. The van der Waals surface area contributed by atoms with Crippen molar-refractivity contribution >= 4 is 11.6 Å². The predicted molar refractivity (Wildman–Crippen MR) is 57.8 cm³/mol. The molecule has 1 fully saturated rings. The summed E-state index contributed by atoms with van der Waals surface area (Å²) in [5, 5.41) is 3.65. The van der Waals surface area contributed by atoms with Crippen LogP contribution in [0, 0.1) is 0 Å². The standard InChI is InChI=1S/C11H13ClFNO/c12-9-3-1-8(2-4-9)7-15-11-6-14-5-10(11)13/h1-4,10-11,14H,5-7H2. The number of hydrogen-bond donors (Lipinski definition) is 1. The Morgan fingerprint density at radius 3 is 2.67 bits per heavy atom. The Morgan fingerprint density at radius 2 is 2.07 bits per heavy atom. The lowest BCUT2D eigenvalue weighted by molar-refractivity contribution is 0.0139. The van der Waals surface area contributed by atoms with Crippen molar-refractivity contribution in [2.75, 3.05) is 13.1 Å². The number of benzene rings is 1. The lowest BCUT2D eigenvalue weighted by Crippen LogP contribution is -2.23. The van der Waals surface area contributed by atoms with E-state index in [1.54, 1.807) is 12.1 Å². The van der Waals surface area contributed by atoms with Gasteiger partial charge in [0.1, 0.15) is 12.3 Å². The van der Waals surface area contributed by atoms with Crippen LogP contribution in [0.5, 0.6) is 0 Å². The van der Waals surface area contributed by atoms with Crippen molar-refractivity contribution in [3.63, 3.8) is 0 Å². The fourth-order valence-electron chi connectivity index (χ4n) is 1.57. The second-order valence-electron chi connectivity index (χ2n) is 3.65. The van der Waals surface area contributed by atoms with Gasteiger partial charge in [-0.3, -0.25) is 0 Å². The van der Waals surface area contributed by atoms with Crippen molar-refractivity contribution in [3.05, 3.63) is 34.9 Å². The molecule has 15 heavy (non-hydrogen) atoms. The average molecular weight is 230 g/mol. The second kappa shape index (κ2) is 4.92. The minimum absolute atomic E-state index is 0.319. The number of nitrogens with one attached hydrogen (secondary N) is 1. The maximum Gasteiger partial charge on any atom is 0.140 e. The highest BCUT2D eigenvalue weighted by Gasteiger charge is 2.27. The van der Waals surface area contributed by atoms with Crippen molar-refractivity contribution in [1.82, 2.24) is 5.32 Å². The van der Waals surface area contributed by atoms with Crippen LogP contribution in [0.25, 0.3) is 0 Å². The fourth-order valence-corrected chi connectivity index (χ4v) is 1.70. The van der Waals surface area contributed by atoms with E-state index in [1.807, 2.05) is 12.1 Å². The molecule has 1 N–H and O–H groups in total. The first-order valence-electron chi connectivity index (χ1n) is 4.96. The summed E-state index contributed by atoms with van der Waals surface area (Å²) in [5.41, 5.74) is 1.01. The number of alkyl halides is 1. The number of ether oxygens (including phenoxy) is 1. The zero-order chi connectivity index (χ0) is 10.7. The van der Waals surface area contributed by atoms with Crippen LogP contribution >= 0.6 is 11.6 Å². The molecule has 1 aliphatic rings. The third-order valence-corrected chi connectivity index (χ3v) is 2.72. The number of hydrogen-bond acceptors (Lipinski definition) is 2. The van der Waals surface area contributed by atoms with Crippen molar-refractivity contribution in [3.8, 4) is 0 Å². The van der Waals surface area contributed by atoms with E-state index in [0.29, 0.717) is 24.7 Å². The summed E-state index contributed by atoms with van der Waals surface area (Å²) < 4.78 is 18.6. The molecule has 82 valence electrons. The normalized spacial score (nSPS) is 25.7. The van der Waals surface area contributed by atoms with Gasteiger partial charge in [-0.15, -0.1) is 0 Å². The SMILES string of the molecule is FC1CNCC1OCc1ccc(Cl)cc1. The van der Waals surface area contributed by atoms with Crippen LogP contribution in [0.4, 0.5) is 4.39 Å². The van der Waals surface area contributed by atoms with Gasteiger partial charge >= 0.3 is 0 Å². The lowest BCUT2D eigenvalue weighted by atomic mass is 10.2. The summed E-state index contributed by atoms with van der Waals surface area (Å²) >= 11 is 5.75. The Hall–Kier alpha value is -0.640. The van der Waals surface area contributed by atoms with Gasteiger partial charge < -0.3 is 10.1 Å². The topological polar surface area (TPSA) is 21.3 Å². The Bertz CT molecular complexity index is 317. The lowest BCUT2D eigenvalue weighted by Gasteiger charge is -2.12. The van der Waals surface area contributed by atoms with Gasteiger partial charge in [-0.05, 0) is 17.7 Å². The molecule has 1 aromatic carbocycles. The molecule has 4 heteroatoms. The molecular formula is C11H13ClFNO.